The fourth-order valence-corrected chi connectivity index (χ4v) is 0.904. The van der Waals surface area contributed by atoms with E-state index in [1.807, 2.05) is 30.3 Å². The summed E-state index contributed by atoms with van der Waals surface area (Å²) in [4.78, 5) is 0. The van der Waals surface area contributed by atoms with Gasteiger partial charge in [0.25, 0.3) is 0 Å². The van der Waals surface area contributed by atoms with Crippen molar-refractivity contribution in [2.45, 2.75) is 6.42 Å². The Morgan fingerprint density at radius 1 is 1.36 bits per heavy atom. The zero-order valence-corrected chi connectivity index (χ0v) is 6.38. The summed E-state index contributed by atoms with van der Waals surface area (Å²) < 4.78 is 0. The van der Waals surface area contributed by atoms with E-state index in [1.165, 1.54) is 5.56 Å². The van der Waals surface area contributed by atoms with Crippen LogP contribution in [0.4, 0.5) is 0 Å². The van der Waals surface area contributed by atoms with Crippen molar-refractivity contribution in [3.8, 4) is 12.3 Å². The molecule has 0 atom stereocenters. The molecule has 1 rings (SSSR count). The molecule has 0 heterocycles. The first-order valence-electron chi connectivity index (χ1n) is 3.53. The highest BCUT2D eigenvalue weighted by molar-refractivity contribution is 5.34. The highest BCUT2D eigenvalue weighted by Crippen LogP contribution is 2.03. The number of allylic oxidation sites excluding steroid dienone is 1. The van der Waals surface area contributed by atoms with Gasteiger partial charge in [-0.15, -0.1) is 13.0 Å². The first kappa shape index (κ1) is 7.63. The lowest BCUT2D eigenvalue weighted by molar-refractivity contribution is 1.27. The predicted molar refractivity (Wildman–Crippen MR) is 48.3 cm³/mol. The van der Waals surface area contributed by atoms with Gasteiger partial charge in [-0.3, -0.25) is 0 Å². The molecular formula is C11H10. The summed E-state index contributed by atoms with van der Waals surface area (Å²) in [7, 11) is 0. The zero-order valence-electron chi connectivity index (χ0n) is 6.38. The van der Waals surface area contributed by atoms with Crippen molar-refractivity contribution >= 4 is 0 Å². The number of terminal acetylenes is 1. The number of rotatable bonds is 2. The van der Waals surface area contributed by atoms with Crippen molar-refractivity contribution in [3.63, 3.8) is 0 Å². The van der Waals surface area contributed by atoms with E-state index in [4.69, 9.17) is 6.42 Å². The smallest absolute Gasteiger partial charge is 0.0242 e. The van der Waals surface area contributed by atoms with E-state index in [9.17, 15) is 0 Å². The van der Waals surface area contributed by atoms with Gasteiger partial charge in [-0.2, -0.15) is 0 Å². The Hall–Kier alpha value is -1.48. The summed E-state index contributed by atoms with van der Waals surface area (Å²) >= 11 is 0. The first-order chi connectivity index (χ1) is 5.36. The van der Waals surface area contributed by atoms with Crippen LogP contribution in [0.5, 0.6) is 0 Å². The Morgan fingerprint density at radius 2 is 2.00 bits per heavy atom. The minimum absolute atomic E-state index is 0.908. The van der Waals surface area contributed by atoms with Crippen molar-refractivity contribution in [2.24, 2.45) is 0 Å². The van der Waals surface area contributed by atoms with Gasteiger partial charge in [0.05, 0.1) is 0 Å². The van der Waals surface area contributed by atoms with Crippen LogP contribution in [-0.2, 0) is 6.42 Å². The lowest BCUT2D eigenvalue weighted by Gasteiger charge is -1.94. The van der Waals surface area contributed by atoms with Gasteiger partial charge in [0.15, 0.2) is 0 Å². The molecule has 11 heavy (non-hydrogen) atoms. The third-order valence-electron chi connectivity index (χ3n) is 1.50. The molecule has 0 aliphatic carbocycles. The molecule has 0 unspecified atom stereocenters. The molecule has 0 N–H and O–H groups in total. The van der Waals surface area contributed by atoms with Gasteiger partial charge in [-0.05, 0) is 24.1 Å². The van der Waals surface area contributed by atoms with Crippen molar-refractivity contribution in [3.05, 3.63) is 48.0 Å². The van der Waals surface area contributed by atoms with E-state index >= 15 is 0 Å². The Morgan fingerprint density at radius 3 is 2.45 bits per heavy atom. The summed E-state index contributed by atoms with van der Waals surface area (Å²) in [5.74, 6) is 2.57. The standard InChI is InChI=1S/C11H10/c1-3-5-11-8-6-10(4-2)7-9-11/h2-3,6-9H,1,5H2. The summed E-state index contributed by atoms with van der Waals surface area (Å²) in [6.45, 7) is 3.66. The molecule has 0 spiro atoms. The van der Waals surface area contributed by atoms with E-state index in [-0.39, 0.29) is 0 Å². The fraction of sp³-hybridized carbons (Fsp3) is 0.0909. The van der Waals surface area contributed by atoms with Crippen LogP contribution >= 0.6 is 0 Å². The Labute approximate surface area is 67.6 Å². The molecule has 1 aromatic carbocycles. The Balaban J connectivity index is 2.84. The van der Waals surface area contributed by atoms with E-state index in [2.05, 4.69) is 12.5 Å². The van der Waals surface area contributed by atoms with Crippen molar-refractivity contribution < 1.29 is 0 Å². The molecule has 0 aromatic heterocycles. The Bertz CT molecular complexity index is 272. The highest BCUT2D eigenvalue weighted by Gasteiger charge is 1.88. The second kappa shape index (κ2) is 3.63. The van der Waals surface area contributed by atoms with Crippen LogP contribution in [0.2, 0.25) is 0 Å². The number of hydrogen-bond donors (Lipinski definition) is 0. The van der Waals surface area contributed by atoms with Gasteiger partial charge in [0, 0.05) is 5.56 Å². The minimum Gasteiger partial charge on any atom is -0.115 e. The maximum atomic E-state index is 5.20. The molecule has 0 amide bonds. The van der Waals surface area contributed by atoms with E-state index in [0.717, 1.165) is 12.0 Å². The highest BCUT2D eigenvalue weighted by atomic mass is 13.9. The monoisotopic (exact) mass is 142 g/mol. The average Bonchev–Trinajstić information content (AvgIpc) is 2.07. The molecule has 0 bridgehead atoms. The maximum absolute atomic E-state index is 5.20. The lowest BCUT2D eigenvalue weighted by atomic mass is 10.1. The third-order valence-corrected chi connectivity index (χ3v) is 1.50. The van der Waals surface area contributed by atoms with Gasteiger partial charge < -0.3 is 0 Å². The van der Waals surface area contributed by atoms with Crippen LogP contribution in [-0.4, -0.2) is 0 Å². The molecular weight excluding hydrogens is 132 g/mol. The summed E-state index contributed by atoms with van der Waals surface area (Å²) in [6.07, 6.45) is 7.99. The largest absolute Gasteiger partial charge is 0.115 e. The predicted octanol–water partition coefficient (Wildman–Crippen LogP) is 2.40. The molecule has 0 saturated carbocycles. The normalized spacial score (nSPS) is 8.64. The molecule has 0 aliphatic rings. The molecule has 0 aliphatic heterocycles. The van der Waals surface area contributed by atoms with Crippen LogP contribution < -0.4 is 0 Å². The molecule has 0 fully saturated rings. The van der Waals surface area contributed by atoms with E-state index < -0.39 is 0 Å². The fourth-order valence-electron chi connectivity index (χ4n) is 0.904. The number of benzene rings is 1. The molecule has 54 valence electrons. The third kappa shape index (κ3) is 1.98. The van der Waals surface area contributed by atoms with Crippen molar-refractivity contribution in [1.82, 2.24) is 0 Å². The van der Waals surface area contributed by atoms with Crippen LogP contribution in [0.1, 0.15) is 11.1 Å². The van der Waals surface area contributed by atoms with Gasteiger partial charge in [0.1, 0.15) is 0 Å². The minimum atomic E-state index is 0.908. The summed E-state index contributed by atoms with van der Waals surface area (Å²) in [5, 5.41) is 0. The molecule has 0 heteroatoms. The van der Waals surface area contributed by atoms with Crippen molar-refractivity contribution in [2.75, 3.05) is 0 Å². The topological polar surface area (TPSA) is 0 Å². The second-order valence-corrected chi connectivity index (χ2v) is 2.33. The molecule has 0 saturated heterocycles. The van der Waals surface area contributed by atoms with Crippen LogP contribution in [0, 0.1) is 12.3 Å². The van der Waals surface area contributed by atoms with Crippen LogP contribution in [0.25, 0.3) is 0 Å². The van der Waals surface area contributed by atoms with E-state index in [1.54, 1.807) is 0 Å². The SMILES string of the molecule is C#Cc1ccc(CC=C)cc1. The van der Waals surface area contributed by atoms with E-state index in [0.29, 0.717) is 0 Å². The van der Waals surface area contributed by atoms with Crippen molar-refractivity contribution in [1.29, 1.82) is 0 Å². The quantitative estimate of drug-likeness (QED) is 0.439. The molecule has 0 radical (unpaired) electrons. The van der Waals surface area contributed by atoms with Crippen LogP contribution in [0.3, 0.4) is 0 Å². The van der Waals surface area contributed by atoms with Gasteiger partial charge in [-0.25, -0.2) is 0 Å². The molecule has 0 nitrogen and oxygen atoms in total. The maximum Gasteiger partial charge on any atom is 0.0242 e. The molecule has 1 aromatic rings. The van der Waals surface area contributed by atoms with Gasteiger partial charge >= 0.3 is 0 Å². The zero-order chi connectivity index (χ0) is 8.10. The lowest BCUT2D eigenvalue weighted by Crippen LogP contribution is -1.80. The average molecular weight is 142 g/mol. The number of hydrogen-bond acceptors (Lipinski definition) is 0. The summed E-state index contributed by atoms with van der Waals surface area (Å²) in [5.41, 5.74) is 2.18. The van der Waals surface area contributed by atoms with Gasteiger partial charge in [0.2, 0.25) is 0 Å². The first-order valence-corrected chi connectivity index (χ1v) is 3.53. The van der Waals surface area contributed by atoms with Gasteiger partial charge in [-0.1, -0.05) is 24.1 Å². The second-order valence-electron chi connectivity index (χ2n) is 2.33. The summed E-state index contributed by atoms with van der Waals surface area (Å²) in [6, 6.07) is 7.94. The Kier molecular flexibility index (Phi) is 2.52. The van der Waals surface area contributed by atoms with Crippen LogP contribution in [0.15, 0.2) is 36.9 Å².